The lowest BCUT2D eigenvalue weighted by atomic mass is 9.88. The average molecular weight is 473 g/mol. The van der Waals surface area contributed by atoms with Crippen molar-refractivity contribution < 1.29 is 19.1 Å². The number of ether oxygens (including phenoxy) is 2. The monoisotopic (exact) mass is 472 g/mol. The topological polar surface area (TPSA) is 52.6 Å². The second-order valence-corrected chi connectivity index (χ2v) is 9.33. The van der Waals surface area contributed by atoms with E-state index in [0.717, 1.165) is 31.3 Å². The third kappa shape index (κ3) is 3.71. The molecule has 0 fully saturated rings. The highest BCUT2D eigenvalue weighted by Crippen LogP contribution is 2.40. The van der Waals surface area contributed by atoms with Crippen molar-refractivity contribution in [1.29, 1.82) is 0 Å². The molecule has 164 valence electrons. The van der Waals surface area contributed by atoms with E-state index in [1.54, 1.807) is 41.7 Å². The molecule has 0 unspecified atom stereocenters. The number of fused-ring (bicyclic) bond motifs is 2. The minimum Gasteiger partial charge on any atom is -0.465 e. The van der Waals surface area contributed by atoms with Crippen LogP contribution in [0, 0.1) is 0 Å². The molecule has 6 heteroatoms. The summed E-state index contributed by atoms with van der Waals surface area (Å²) in [6, 6.07) is 19.5. The van der Waals surface area contributed by atoms with Crippen LogP contribution in [-0.4, -0.2) is 25.7 Å². The largest absolute Gasteiger partial charge is 0.465 e. The first-order chi connectivity index (χ1) is 16.1. The summed E-state index contributed by atoms with van der Waals surface area (Å²) < 4.78 is 12.8. The van der Waals surface area contributed by atoms with Crippen LogP contribution in [0.2, 0.25) is 0 Å². The van der Waals surface area contributed by atoms with Crippen molar-refractivity contribution in [3.8, 4) is 22.3 Å². The van der Waals surface area contributed by atoms with Crippen molar-refractivity contribution >= 4 is 54.8 Å². The molecular formula is C27H20O4S2. The second kappa shape index (κ2) is 8.81. The zero-order valence-corrected chi connectivity index (χ0v) is 19.7. The molecule has 4 nitrogen and oxygen atoms in total. The summed E-state index contributed by atoms with van der Waals surface area (Å²) in [6.45, 7) is 2.04. The molecule has 33 heavy (non-hydrogen) atoms. The molecule has 0 saturated heterocycles. The lowest BCUT2D eigenvalue weighted by Crippen LogP contribution is -2.11. The van der Waals surface area contributed by atoms with E-state index < -0.39 is 11.9 Å². The maximum absolute atomic E-state index is 13.1. The summed E-state index contributed by atoms with van der Waals surface area (Å²) in [4.78, 5) is 26.1. The minimum atomic E-state index is -0.452. The fourth-order valence-electron chi connectivity index (χ4n) is 4.16. The molecule has 0 saturated carbocycles. The number of hydrogen-bond donors (Lipinski definition) is 0. The van der Waals surface area contributed by atoms with E-state index in [1.165, 1.54) is 7.11 Å². The predicted octanol–water partition coefficient (Wildman–Crippen LogP) is 7.41. The highest BCUT2D eigenvalue weighted by atomic mass is 32.1. The Morgan fingerprint density at radius 3 is 1.73 bits per heavy atom. The number of benzene rings is 3. The standard InChI is InChI=1S/C27H20O4S2/c1-3-31-27(29)23-15-20(16-6-4-8-24-18(16)10-12-32-24)22(26(28)30-2)14-21(23)17-7-5-9-25-19(17)11-13-33-25/h4-15H,3H2,1-2H3. The molecule has 0 atom stereocenters. The molecule has 2 aromatic heterocycles. The fraction of sp³-hybridized carbons (Fsp3) is 0.111. The number of methoxy groups -OCH3 is 1. The van der Waals surface area contributed by atoms with Gasteiger partial charge in [0.25, 0.3) is 0 Å². The van der Waals surface area contributed by atoms with Crippen LogP contribution in [0.15, 0.2) is 71.4 Å². The van der Waals surface area contributed by atoms with E-state index >= 15 is 0 Å². The average Bonchev–Trinajstić information content (AvgIpc) is 3.52. The van der Waals surface area contributed by atoms with Gasteiger partial charge in [-0.2, -0.15) is 0 Å². The predicted molar refractivity (Wildman–Crippen MR) is 135 cm³/mol. The smallest absolute Gasteiger partial charge is 0.338 e. The zero-order valence-electron chi connectivity index (χ0n) is 18.1. The number of hydrogen-bond acceptors (Lipinski definition) is 6. The van der Waals surface area contributed by atoms with Crippen molar-refractivity contribution in [2.24, 2.45) is 0 Å². The summed E-state index contributed by atoms with van der Waals surface area (Å²) in [5.41, 5.74) is 3.88. The van der Waals surface area contributed by atoms with Gasteiger partial charge in [-0.3, -0.25) is 0 Å². The van der Waals surface area contributed by atoms with Crippen LogP contribution in [-0.2, 0) is 9.47 Å². The van der Waals surface area contributed by atoms with Crippen LogP contribution < -0.4 is 0 Å². The van der Waals surface area contributed by atoms with Gasteiger partial charge in [0.05, 0.1) is 24.8 Å². The molecule has 2 heterocycles. The van der Waals surface area contributed by atoms with Gasteiger partial charge in [-0.15, -0.1) is 22.7 Å². The van der Waals surface area contributed by atoms with Gasteiger partial charge < -0.3 is 9.47 Å². The molecule has 5 aromatic rings. The third-order valence-electron chi connectivity index (χ3n) is 5.63. The first-order valence-corrected chi connectivity index (χ1v) is 12.2. The van der Waals surface area contributed by atoms with Gasteiger partial charge in [-0.1, -0.05) is 24.3 Å². The van der Waals surface area contributed by atoms with E-state index in [2.05, 4.69) is 0 Å². The Kier molecular flexibility index (Phi) is 5.70. The highest BCUT2D eigenvalue weighted by Gasteiger charge is 2.24. The highest BCUT2D eigenvalue weighted by molar-refractivity contribution is 7.17. The Morgan fingerprint density at radius 2 is 1.24 bits per heavy atom. The number of esters is 2. The Bertz CT molecular complexity index is 1510. The first kappa shape index (κ1) is 21.4. The molecular weight excluding hydrogens is 452 g/mol. The van der Waals surface area contributed by atoms with Gasteiger partial charge in [-0.05, 0) is 76.3 Å². The fourth-order valence-corrected chi connectivity index (χ4v) is 5.79. The number of thiophene rings is 2. The molecule has 0 aliphatic heterocycles. The van der Waals surface area contributed by atoms with Crippen molar-refractivity contribution in [2.45, 2.75) is 6.92 Å². The lowest BCUT2D eigenvalue weighted by Gasteiger charge is -2.17. The van der Waals surface area contributed by atoms with E-state index in [9.17, 15) is 9.59 Å². The molecule has 5 rings (SSSR count). The van der Waals surface area contributed by atoms with E-state index in [1.807, 2.05) is 59.3 Å². The van der Waals surface area contributed by atoms with E-state index in [4.69, 9.17) is 9.47 Å². The SMILES string of the molecule is CCOC(=O)c1cc(-c2cccc3sccc23)c(C(=O)OC)cc1-c1cccc2sccc12. The Labute approximate surface area is 199 Å². The summed E-state index contributed by atoms with van der Waals surface area (Å²) in [7, 11) is 1.37. The number of carbonyl (C=O) groups excluding carboxylic acids is 2. The summed E-state index contributed by atoms with van der Waals surface area (Å²) in [6.07, 6.45) is 0. The van der Waals surface area contributed by atoms with Crippen LogP contribution in [0.4, 0.5) is 0 Å². The van der Waals surface area contributed by atoms with Crippen molar-refractivity contribution in [3.63, 3.8) is 0 Å². The van der Waals surface area contributed by atoms with Gasteiger partial charge in [-0.25, -0.2) is 9.59 Å². The summed E-state index contributed by atoms with van der Waals surface area (Å²) >= 11 is 3.26. The second-order valence-electron chi connectivity index (χ2n) is 7.43. The summed E-state index contributed by atoms with van der Waals surface area (Å²) in [5, 5.41) is 6.08. The summed E-state index contributed by atoms with van der Waals surface area (Å²) in [5.74, 6) is -0.874. The molecule has 0 aliphatic carbocycles. The molecule has 0 spiro atoms. The van der Waals surface area contributed by atoms with Gasteiger partial charge >= 0.3 is 11.9 Å². The lowest BCUT2D eigenvalue weighted by molar-refractivity contribution is 0.0525. The van der Waals surface area contributed by atoms with Gasteiger partial charge in [0.1, 0.15) is 0 Å². The quantitative estimate of drug-likeness (QED) is 0.250. The Hall–Kier alpha value is -3.48. The maximum Gasteiger partial charge on any atom is 0.338 e. The van der Waals surface area contributed by atoms with Crippen molar-refractivity contribution in [2.75, 3.05) is 13.7 Å². The molecule has 0 radical (unpaired) electrons. The maximum atomic E-state index is 13.1. The molecule has 3 aromatic carbocycles. The van der Waals surface area contributed by atoms with Crippen molar-refractivity contribution in [3.05, 3.63) is 82.6 Å². The Morgan fingerprint density at radius 1 is 0.727 bits per heavy atom. The van der Waals surface area contributed by atoms with Gasteiger partial charge in [0.15, 0.2) is 0 Å². The molecule has 0 bridgehead atoms. The van der Waals surface area contributed by atoms with Crippen LogP contribution >= 0.6 is 22.7 Å². The van der Waals surface area contributed by atoms with Crippen LogP contribution in [0.1, 0.15) is 27.6 Å². The van der Waals surface area contributed by atoms with Gasteiger partial charge in [0.2, 0.25) is 0 Å². The zero-order chi connectivity index (χ0) is 22.9. The van der Waals surface area contributed by atoms with Gasteiger partial charge in [0, 0.05) is 20.2 Å². The van der Waals surface area contributed by atoms with E-state index in [0.29, 0.717) is 22.3 Å². The third-order valence-corrected chi connectivity index (χ3v) is 7.39. The number of carbonyl (C=O) groups is 2. The Balaban J connectivity index is 1.86. The van der Waals surface area contributed by atoms with Crippen LogP contribution in [0.5, 0.6) is 0 Å². The first-order valence-electron chi connectivity index (χ1n) is 10.5. The molecule has 0 amide bonds. The number of rotatable bonds is 5. The van der Waals surface area contributed by atoms with Crippen molar-refractivity contribution in [1.82, 2.24) is 0 Å². The molecule has 0 N–H and O–H groups in total. The normalized spacial score (nSPS) is 11.1. The van der Waals surface area contributed by atoms with Crippen LogP contribution in [0.3, 0.4) is 0 Å². The van der Waals surface area contributed by atoms with Crippen LogP contribution in [0.25, 0.3) is 42.4 Å². The molecule has 0 aliphatic rings. The minimum absolute atomic E-state index is 0.259. The van der Waals surface area contributed by atoms with E-state index in [-0.39, 0.29) is 6.61 Å².